The number of anilines is 1. The molecule has 0 aromatic heterocycles. The maximum atomic E-state index is 13.3. The minimum absolute atomic E-state index is 0.272. The quantitative estimate of drug-likeness (QED) is 0.866. The van der Waals surface area contributed by atoms with Crippen molar-refractivity contribution >= 4 is 17.6 Å². The van der Waals surface area contributed by atoms with Crippen LogP contribution in [0.4, 0.5) is 19.3 Å². The molecule has 2 atom stereocenters. The molecule has 0 radical (unpaired) electrons. The van der Waals surface area contributed by atoms with Crippen molar-refractivity contribution in [2.45, 2.75) is 19.1 Å². The van der Waals surface area contributed by atoms with Crippen LogP contribution in [0.25, 0.3) is 0 Å². The van der Waals surface area contributed by atoms with E-state index in [-0.39, 0.29) is 12.1 Å². The van der Waals surface area contributed by atoms with Crippen LogP contribution >= 0.6 is 0 Å². The Morgan fingerprint density at radius 1 is 1.08 bits per heavy atom. The van der Waals surface area contributed by atoms with E-state index in [0.717, 1.165) is 11.0 Å². The lowest BCUT2D eigenvalue weighted by Gasteiger charge is -2.20. The lowest BCUT2D eigenvalue weighted by atomic mass is 10.1. The molecule has 0 unspecified atom stereocenters. The van der Waals surface area contributed by atoms with Crippen molar-refractivity contribution in [2.75, 3.05) is 11.4 Å². The van der Waals surface area contributed by atoms with Gasteiger partial charge in [0.2, 0.25) is 0 Å². The molecule has 2 aromatic carbocycles. The zero-order valence-corrected chi connectivity index (χ0v) is 13.4. The fourth-order valence-electron chi connectivity index (χ4n) is 2.82. The summed E-state index contributed by atoms with van der Waals surface area (Å²) >= 11 is 0. The number of carbonyl (C=O) groups excluding carboxylic acids is 2. The summed E-state index contributed by atoms with van der Waals surface area (Å²) in [5.41, 5.74) is 0.656. The molecule has 3 rings (SSSR count). The van der Waals surface area contributed by atoms with E-state index in [4.69, 9.17) is 0 Å². The van der Waals surface area contributed by atoms with Gasteiger partial charge < -0.3 is 5.11 Å². The molecule has 0 saturated carbocycles. The van der Waals surface area contributed by atoms with Gasteiger partial charge in [-0.15, -0.1) is 0 Å². The number of hydrogen-bond acceptors (Lipinski definition) is 3. The highest BCUT2D eigenvalue weighted by atomic mass is 19.1. The third kappa shape index (κ3) is 3.23. The van der Waals surface area contributed by atoms with Crippen LogP contribution in [0, 0.1) is 11.6 Å². The molecule has 1 aliphatic rings. The summed E-state index contributed by atoms with van der Waals surface area (Å²) < 4.78 is 26.3. The first-order chi connectivity index (χ1) is 11.9. The molecule has 2 aromatic rings. The van der Waals surface area contributed by atoms with E-state index in [1.807, 2.05) is 0 Å². The van der Waals surface area contributed by atoms with Crippen LogP contribution in [0.3, 0.4) is 0 Å². The lowest BCUT2D eigenvalue weighted by molar-refractivity contribution is -0.127. The fraction of sp³-hybridized carbons (Fsp3) is 0.222. The predicted molar refractivity (Wildman–Crippen MR) is 86.8 cm³/mol. The first-order valence-corrected chi connectivity index (χ1v) is 7.72. The first-order valence-electron chi connectivity index (χ1n) is 7.72. The smallest absolute Gasteiger partial charge is 0.332 e. The Labute approximate surface area is 143 Å². The van der Waals surface area contributed by atoms with Gasteiger partial charge in [-0.25, -0.2) is 13.6 Å². The Morgan fingerprint density at radius 3 is 2.40 bits per heavy atom. The summed E-state index contributed by atoms with van der Waals surface area (Å²) in [6, 6.07) is 9.16. The van der Waals surface area contributed by atoms with Crippen LogP contribution in [-0.4, -0.2) is 34.5 Å². The number of benzene rings is 2. The standard InChI is InChI=1S/C18H16F2N2O3/c1-11-17(24)21(10-16(23)12-3-2-4-14(20)9-12)18(25)22(11)15-7-5-13(19)6-8-15/h2-9,11,16,23H,10H2,1H3/t11-,16-/m0/s1. The second-order valence-corrected chi connectivity index (χ2v) is 5.82. The van der Waals surface area contributed by atoms with E-state index in [1.54, 1.807) is 6.92 Å². The van der Waals surface area contributed by atoms with Crippen molar-refractivity contribution in [1.82, 2.24) is 4.90 Å². The van der Waals surface area contributed by atoms with E-state index in [9.17, 15) is 23.5 Å². The van der Waals surface area contributed by atoms with Crippen molar-refractivity contribution in [3.05, 3.63) is 65.7 Å². The number of aliphatic hydroxyl groups excluding tert-OH is 1. The summed E-state index contributed by atoms with van der Waals surface area (Å²) in [5, 5.41) is 10.2. The van der Waals surface area contributed by atoms with Crippen molar-refractivity contribution in [2.24, 2.45) is 0 Å². The van der Waals surface area contributed by atoms with Crippen molar-refractivity contribution in [1.29, 1.82) is 0 Å². The van der Waals surface area contributed by atoms with Gasteiger partial charge in [-0.1, -0.05) is 12.1 Å². The molecule has 5 nitrogen and oxygen atoms in total. The minimum atomic E-state index is -1.20. The fourth-order valence-corrected chi connectivity index (χ4v) is 2.82. The van der Waals surface area contributed by atoms with Gasteiger partial charge >= 0.3 is 6.03 Å². The number of amides is 3. The minimum Gasteiger partial charge on any atom is -0.387 e. The highest BCUT2D eigenvalue weighted by Gasteiger charge is 2.44. The molecule has 1 aliphatic heterocycles. The van der Waals surface area contributed by atoms with Gasteiger partial charge in [-0.05, 0) is 48.9 Å². The Bertz CT molecular complexity index is 810. The number of β-amino-alcohol motifs (C(OH)–C–C–N with tert-alkyl or cyclic N) is 1. The highest BCUT2D eigenvalue weighted by Crippen LogP contribution is 2.27. The molecule has 1 N–H and O–H groups in total. The third-order valence-corrected chi connectivity index (χ3v) is 4.14. The Balaban J connectivity index is 1.81. The van der Waals surface area contributed by atoms with E-state index in [2.05, 4.69) is 0 Å². The molecular weight excluding hydrogens is 330 g/mol. The van der Waals surface area contributed by atoms with E-state index in [1.165, 1.54) is 47.4 Å². The van der Waals surface area contributed by atoms with Gasteiger partial charge in [0.05, 0.1) is 12.6 Å². The van der Waals surface area contributed by atoms with Gasteiger partial charge in [-0.2, -0.15) is 0 Å². The third-order valence-electron chi connectivity index (χ3n) is 4.14. The van der Waals surface area contributed by atoms with Crippen molar-refractivity contribution in [3.8, 4) is 0 Å². The molecule has 3 amide bonds. The van der Waals surface area contributed by atoms with E-state index < -0.39 is 35.7 Å². The lowest BCUT2D eigenvalue weighted by Crippen LogP contribution is -2.36. The largest absolute Gasteiger partial charge is 0.387 e. The maximum Gasteiger partial charge on any atom is 0.332 e. The Hall–Kier alpha value is -2.80. The monoisotopic (exact) mass is 346 g/mol. The normalized spacial score (nSPS) is 18.8. The Morgan fingerprint density at radius 2 is 1.76 bits per heavy atom. The van der Waals surface area contributed by atoms with Crippen LogP contribution in [0.15, 0.2) is 48.5 Å². The molecule has 1 heterocycles. The zero-order valence-electron chi connectivity index (χ0n) is 13.4. The van der Waals surface area contributed by atoms with Gasteiger partial charge in [0, 0.05) is 5.69 Å². The van der Waals surface area contributed by atoms with Crippen LogP contribution < -0.4 is 4.90 Å². The van der Waals surface area contributed by atoms with Gasteiger partial charge in [0.1, 0.15) is 17.7 Å². The van der Waals surface area contributed by atoms with Gasteiger partial charge in [0.25, 0.3) is 5.91 Å². The van der Waals surface area contributed by atoms with Gasteiger partial charge in [-0.3, -0.25) is 14.6 Å². The number of hydrogen-bond donors (Lipinski definition) is 1. The Kier molecular flexibility index (Phi) is 4.50. The topological polar surface area (TPSA) is 60.9 Å². The van der Waals surface area contributed by atoms with Gasteiger partial charge in [0.15, 0.2) is 0 Å². The summed E-state index contributed by atoms with van der Waals surface area (Å²) in [7, 11) is 0. The van der Waals surface area contributed by atoms with E-state index in [0.29, 0.717) is 5.69 Å². The number of halogens is 2. The first kappa shape index (κ1) is 17.0. The molecule has 130 valence electrons. The molecule has 1 fully saturated rings. The van der Waals surface area contributed by atoms with Crippen LogP contribution in [-0.2, 0) is 4.79 Å². The van der Waals surface area contributed by atoms with E-state index >= 15 is 0 Å². The molecule has 25 heavy (non-hydrogen) atoms. The number of urea groups is 1. The highest BCUT2D eigenvalue weighted by molar-refractivity contribution is 6.14. The second kappa shape index (κ2) is 6.60. The van der Waals surface area contributed by atoms with Crippen LogP contribution in [0.5, 0.6) is 0 Å². The molecule has 0 spiro atoms. The predicted octanol–water partition coefficient (Wildman–Crippen LogP) is 2.86. The van der Waals surface area contributed by atoms with Crippen LogP contribution in [0.1, 0.15) is 18.6 Å². The molecule has 0 aliphatic carbocycles. The second-order valence-electron chi connectivity index (χ2n) is 5.82. The maximum absolute atomic E-state index is 13.3. The SMILES string of the molecule is C[C@H]1C(=O)N(C[C@H](O)c2cccc(F)c2)C(=O)N1c1ccc(F)cc1. The number of aliphatic hydroxyl groups is 1. The zero-order chi connectivity index (χ0) is 18.1. The summed E-state index contributed by atoms with van der Waals surface area (Å²) in [4.78, 5) is 27.2. The summed E-state index contributed by atoms with van der Waals surface area (Å²) in [6.45, 7) is 1.27. The molecule has 1 saturated heterocycles. The molecule has 0 bridgehead atoms. The van der Waals surface area contributed by atoms with Crippen LogP contribution in [0.2, 0.25) is 0 Å². The summed E-state index contributed by atoms with van der Waals surface area (Å²) in [6.07, 6.45) is -1.20. The average Bonchev–Trinajstić information content (AvgIpc) is 2.79. The number of imide groups is 1. The number of nitrogens with zero attached hydrogens (tertiary/aromatic N) is 2. The summed E-state index contributed by atoms with van der Waals surface area (Å²) in [5.74, 6) is -1.45. The van der Waals surface area contributed by atoms with Crippen molar-refractivity contribution in [3.63, 3.8) is 0 Å². The van der Waals surface area contributed by atoms with Crippen molar-refractivity contribution < 1.29 is 23.5 Å². The number of carbonyl (C=O) groups is 2. The average molecular weight is 346 g/mol. The molecule has 7 heteroatoms. The number of rotatable bonds is 4. The molecular formula is C18H16F2N2O3.